The number of H-pyrrole nitrogens is 2. The molecule has 0 bridgehead atoms. The van der Waals surface area contributed by atoms with Crippen LogP contribution in [0.3, 0.4) is 0 Å². The number of aromatic nitrogens is 4. The third-order valence-corrected chi connectivity index (χ3v) is 4.23. The highest BCUT2D eigenvalue weighted by Gasteiger charge is 2.17. The zero-order valence-electron chi connectivity index (χ0n) is 15.9. The molecule has 0 aliphatic carbocycles. The van der Waals surface area contributed by atoms with E-state index in [2.05, 4.69) is 46.5 Å². The number of benzene rings is 1. The van der Waals surface area contributed by atoms with Gasteiger partial charge in [0.25, 0.3) is 11.5 Å². The second kappa shape index (κ2) is 7.19. The van der Waals surface area contributed by atoms with E-state index < -0.39 is 0 Å². The number of carbonyl (C=O) groups excluding carboxylic acids is 1. The van der Waals surface area contributed by atoms with Crippen LogP contribution < -0.4 is 10.9 Å². The molecular formula is C20H23N5O2. The molecule has 1 amide bonds. The van der Waals surface area contributed by atoms with Gasteiger partial charge in [-0.25, -0.2) is 5.10 Å². The van der Waals surface area contributed by atoms with Gasteiger partial charge in [0.15, 0.2) is 0 Å². The molecule has 7 heteroatoms. The number of nitrogens with zero attached hydrogens (tertiary/aromatic N) is 2. The van der Waals surface area contributed by atoms with Crippen molar-refractivity contribution in [3.8, 4) is 11.1 Å². The molecule has 0 atom stereocenters. The molecule has 0 aliphatic rings. The van der Waals surface area contributed by atoms with E-state index in [1.807, 2.05) is 13.0 Å². The molecule has 2 heterocycles. The molecule has 3 N–H and O–H groups in total. The van der Waals surface area contributed by atoms with Gasteiger partial charge in [-0.1, -0.05) is 32.9 Å². The van der Waals surface area contributed by atoms with Crippen LogP contribution in [-0.4, -0.2) is 26.3 Å². The van der Waals surface area contributed by atoms with Gasteiger partial charge in [-0.15, -0.1) is 0 Å². The first-order chi connectivity index (χ1) is 12.7. The molecule has 7 nitrogen and oxygen atoms in total. The Morgan fingerprint density at radius 1 is 1.07 bits per heavy atom. The van der Waals surface area contributed by atoms with Crippen LogP contribution in [0.5, 0.6) is 0 Å². The Morgan fingerprint density at radius 3 is 2.41 bits per heavy atom. The van der Waals surface area contributed by atoms with Crippen molar-refractivity contribution in [2.75, 3.05) is 0 Å². The number of nitrogens with one attached hydrogen (secondary N) is 3. The zero-order chi connectivity index (χ0) is 19.6. The highest BCUT2D eigenvalue weighted by atomic mass is 16.1. The van der Waals surface area contributed by atoms with Gasteiger partial charge in [-0.2, -0.15) is 10.2 Å². The Hall–Kier alpha value is -3.22. The minimum Gasteiger partial charge on any atom is -0.346 e. The number of aromatic amines is 2. The van der Waals surface area contributed by atoms with Crippen molar-refractivity contribution in [2.45, 2.75) is 39.7 Å². The Kier molecular flexibility index (Phi) is 4.94. The molecule has 0 unspecified atom stereocenters. The van der Waals surface area contributed by atoms with Gasteiger partial charge < -0.3 is 5.32 Å². The smallest absolute Gasteiger partial charge is 0.272 e. The fourth-order valence-corrected chi connectivity index (χ4v) is 2.64. The molecule has 0 fully saturated rings. The molecule has 0 saturated carbocycles. The monoisotopic (exact) mass is 365 g/mol. The van der Waals surface area contributed by atoms with Crippen molar-refractivity contribution in [3.63, 3.8) is 0 Å². The van der Waals surface area contributed by atoms with Crippen molar-refractivity contribution in [2.24, 2.45) is 0 Å². The second-order valence-corrected chi connectivity index (χ2v) is 7.54. The van der Waals surface area contributed by atoms with Gasteiger partial charge in [0.1, 0.15) is 0 Å². The molecule has 27 heavy (non-hydrogen) atoms. The maximum absolute atomic E-state index is 12.4. The molecule has 3 aromatic rings. The molecule has 0 spiro atoms. The van der Waals surface area contributed by atoms with Gasteiger partial charge in [0.05, 0.1) is 29.2 Å². The van der Waals surface area contributed by atoms with E-state index in [9.17, 15) is 9.59 Å². The van der Waals surface area contributed by atoms with Crippen LogP contribution in [0.4, 0.5) is 0 Å². The predicted octanol–water partition coefficient (Wildman–Crippen LogP) is 2.70. The van der Waals surface area contributed by atoms with E-state index in [4.69, 9.17) is 0 Å². The Balaban J connectivity index is 1.68. The summed E-state index contributed by atoms with van der Waals surface area (Å²) in [5.74, 6) is -0.187. The van der Waals surface area contributed by atoms with E-state index in [1.165, 1.54) is 0 Å². The minimum atomic E-state index is -0.258. The van der Waals surface area contributed by atoms with Crippen LogP contribution in [0.1, 0.15) is 48.2 Å². The summed E-state index contributed by atoms with van der Waals surface area (Å²) in [4.78, 5) is 24.3. The molecule has 0 radical (unpaired) electrons. The van der Waals surface area contributed by atoms with Crippen LogP contribution in [0.2, 0.25) is 0 Å². The first kappa shape index (κ1) is 18.6. The summed E-state index contributed by atoms with van der Waals surface area (Å²) in [5.41, 5.74) is 4.02. The van der Waals surface area contributed by atoms with E-state index in [0.29, 0.717) is 17.7 Å². The fraction of sp³-hybridized carbons (Fsp3) is 0.300. The predicted molar refractivity (Wildman–Crippen MR) is 103 cm³/mol. The maximum atomic E-state index is 12.4. The van der Waals surface area contributed by atoms with Gasteiger partial charge in [0, 0.05) is 11.0 Å². The topological polar surface area (TPSA) is 104 Å². The number of rotatable bonds is 4. The van der Waals surface area contributed by atoms with Crippen molar-refractivity contribution in [1.29, 1.82) is 0 Å². The largest absolute Gasteiger partial charge is 0.346 e. The molecule has 3 rings (SSSR count). The first-order valence-corrected chi connectivity index (χ1v) is 8.74. The third-order valence-electron chi connectivity index (χ3n) is 4.23. The lowest BCUT2D eigenvalue weighted by atomic mass is 9.92. The Bertz CT molecular complexity index is 1010. The van der Waals surface area contributed by atoms with Crippen molar-refractivity contribution in [3.05, 3.63) is 69.4 Å². The van der Waals surface area contributed by atoms with Crippen molar-refractivity contribution >= 4 is 5.91 Å². The number of aryl methyl sites for hydroxylation is 1. The third kappa shape index (κ3) is 4.31. The van der Waals surface area contributed by atoms with E-state index >= 15 is 0 Å². The van der Waals surface area contributed by atoms with Crippen molar-refractivity contribution < 1.29 is 4.79 Å². The molecule has 0 aliphatic heterocycles. The highest BCUT2D eigenvalue weighted by Crippen LogP contribution is 2.20. The average molecular weight is 365 g/mol. The molecule has 0 saturated heterocycles. The molecule has 2 aromatic heterocycles. The molecule has 140 valence electrons. The lowest BCUT2D eigenvalue weighted by Gasteiger charge is -2.13. The van der Waals surface area contributed by atoms with Gasteiger partial charge in [-0.3, -0.25) is 14.7 Å². The van der Waals surface area contributed by atoms with E-state index in [1.54, 1.807) is 30.3 Å². The standard InChI is InChI=1S/C20H23N5O2/c1-12-9-16(19(27)25-22-12)13-5-7-14(8-6-13)18(26)21-11-15-10-17(24-23-15)20(2,3)4/h5-10H,11H2,1-4H3,(H,21,26)(H,23,24)(H,25,27). The van der Waals surface area contributed by atoms with E-state index in [0.717, 1.165) is 22.6 Å². The van der Waals surface area contributed by atoms with Crippen molar-refractivity contribution in [1.82, 2.24) is 25.7 Å². The summed E-state index contributed by atoms with van der Waals surface area (Å²) >= 11 is 0. The van der Waals surface area contributed by atoms with Gasteiger partial charge in [0.2, 0.25) is 0 Å². The number of carbonyl (C=O) groups is 1. The van der Waals surface area contributed by atoms with E-state index in [-0.39, 0.29) is 16.9 Å². The van der Waals surface area contributed by atoms with Gasteiger partial charge >= 0.3 is 0 Å². The second-order valence-electron chi connectivity index (χ2n) is 7.54. The normalized spacial score (nSPS) is 11.4. The summed E-state index contributed by atoms with van der Waals surface area (Å²) in [6.07, 6.45) is 0. The summed E-state index contributed by atoms with van der Waals surface area (Å²) in [7, 11) is 0. The number of hydrogen-bond donors (Lipinski definition) is 3. The fourth-order valence-electron chi connectivity index (χ4n) is 2.64. The average Bonchev–Trinajstić information content (AvgIpc) is 3.11. The number of hydrogen-bond acceptors (Lipinski definition) is 4. The SMILES string of the molecule is Cc1cc(-c2ccc(C(=O)NCc3cc(C(C)(C)C)n[nH]3)cc2)c(=O)[nH]n1. The summed E-state index contributed by atoms with van der Waals surface area (Å²) in [5, 5.41) is 16.4. The summed E-state index contributed by atoms with van der Waals surface area (Å²) < 4.78 is 0. The zero-order valence-corrected chi connectivity index (χ0v) is 15.9. The maximum Gasteiger partial charge on any atom is 0.272 e. The Labute approximate surface area is 157 Å². The van der Waals surface area contributed by atoms with Crippen LogP contribution in [-0.2, 0) is 12.0 Å². The lowest BCUT2D eigenvalue weighted by Crippen LogP contribution is -2.23. The summed E-state index contributed by atoms with van der Waals surface area (Å²) in [6.45, 7) is 8.43. The minimum absolute atomic E-state index is 0.0439. The number of amides is 1. The van der Waals surface area contributed by atoms with Gasteiger partial charge in [-0.05, 0) is 36.8 Å². The van der Waals surface area contributed by atoms with Crippen LogP contribution in [0, 0.1) is 6.92 Å². The lowest BCUT2D eigenvalue weighted by molar-refractivity contribution is 0.0950. The molecule has 1 aromatic carbocycles. The van der Waals surface area contributed by atoms with Crippen LogP contribution >= 0.6 is 0 Å². The highest BCUT2D eigenvalue weighted by molar-refractivity contribution is 5.94. The summed E-state index contributed by atoms with van der Waals surface area (Å²) in [6, 6.07) is 10.6. The first-order valence-electron chi connectivity index (χ1n) is 8.74. The van der Waals surface area contributed by atoms with Crippen LogP contribution in [0.15, 0.2) is 41.2 Å². The Morgan fingerprint density at radius 2 is 1.78 bits per heavy atom. The molecular weight excluding hydrogens is 342 g/mol. The van der Waals surface area contributed by atoms with Crippen LogP contribution in [0.25, 0.3) is 11.1 Å². The quantitative estimate of drug-likeness (QED) is 0.661.